The maximum Gasteiger partial charge on any atom is 0.270 e. The van der Waals surface area contributed by atoms with Crippen LogP contribution in [0, 0.1) is 5.92 Å². The number of ether oxygens (including phenoxy) is 1. The van der Waals surface area contributed by atoms with Crippen molar-refractivity contribution >= 4 is 5.91 Å². The van der Waals surface area contributed by atoms with Gasteiger partial charge in [0.1, 0.15) is 5.69 Å². The quantitative estimate of drug-likeness (QED) is 0.722. The molecule has 1 fully saturated rings. The van der Waals surface area contributed by atoms with Crippen LogP contribution >= 0.6 is 0 Å². The normalized spacial score (nSPS) is 15.3. The molecule has 5 heteroatoms. The second kappa shape index (κ2) is 10.8. The summed E-state index contributed by atoms with van der Waals surface area (Å²) in [5.74, 6) is 1.17. The van der Waals surface area contributed by atoms with Crippen LogP contribution in [0.25, 0.3) is 0 Å². The van der Waals surface area contributed by atoms with E-state index in [1.54, 1.807) is 18.2 Å². The maximum absolute atomic E-state index is 12.3. The molecular formula is C23H31N3O2. The van der Waals surface area contributed by atoms with Crippen molar-refractivity contribution in [3.8, 4) is 5.88 Å². The average molecular weight is 382 g/mol. The third kappa shape index (κ3) is 6.34. The van der Waals surface area contributed by atoms with E-state index in [-0.39, 0.29) is 5.91 Å². The van der Waals surface area contributed by atoms with Crippen molar-refractivity contribution in [3.63, 3.8) is 0 Å². The molecule has 2 heterocycles. The van der Waals surface area contributed by atoms with Crippen molar-refractivity contribution < 1.29 is 9.53 Å². The lowest BCUT2D eigenvalue weighted by atomic mass is 9.90. The largest absolute Gasteiger partial charge is 0.478 e. The van der Waals surface area contributed by atoms with Crippen molar-refractivity contribution in [3.05, 3.63) is 59.8 Å². The first-order chi connectivity index (χ1) is 13.7. The lowest BCUT2D eigenvalue weighted by Gasteiger charge is -2.32. The van der Waals surface area contributed by atoms with Gasteiger partial charge >= 0.3 is 0 Å². The first-order valence-corrected chi connectivity index (χ1v) is 10.4. The lowest BCUT2D eigenvalue weighted by Crippen LogP contribution is -2.39. The summed E-state index contributed by atoms with van der Waals surface area (Å²) in [6, 6.07) is 16.0. The van der Waals surface area contributed by atoms with Crippen LogP contribution in [0.5, 0.6) is 5.88 Å². The number of nitrogens with zero attached hydrogens (tertiary/aromatic N) is 2. The van der Waals surface area contributed by atoms with Crippen LogP contribution in [0.2, 0.25) is 0 Å². The number of nitrogens with one attached hydrogen (secondary N) is 1. The molecule has 2 aromatic rings. The SMILES string of the molecule is CCOc1cccc(C(=O)NCCN2CCC(CCc3ccccc3)CC2)n1. The Bertz CT molecular complexity index is 728. The zero-order chi connectivity index (χ0) is 19.6. The van der Waals surface area contributed by atoms with E-state index >= 15 is 0 Å². The van der Waals surface area contributed by atoms with Crippen LogP contribution in [0.3, 0.4) is 0 Å². The molecule has 0 spiro atoms. The van der Waals surface area contributed by atoms with E-state index in [1.165, 1.54) is 31.2 Å². The Kier molecular flexibility index (Phi) is 7.85. The van der Waals surface area contributed by atoms with Gasteiger partial charge in [0.2, 0.25) is 5.88 Å². The summed E-state index contributed by atoms with van der Waals surface area (Å²) in [5.41, 5.74) is 1.85. The molecular weight excluding hydrogens is 350 g/mol. The number of hydrogen-bond donors (Lipinski definition) is 1. The number of rotatable bonds is 9. The van der Waals surface area contributed by atoms with Crippen molar-refractivity contribution in [2.75, 3.05) is 32.8 Å². The van der Waals surface area contributed by atoms with Crippen molar-refractivity contribution in [1.82, 2.24) is 15.2 Å². The molecule has 1 saturated heterocycles. The Balaban J connectivity index is 1.33. The minimum Gasteiger partial charge on any atom is -0.478 e. The van der Waals surface area contributed by atoms with Gasteiger partial charge in [-0.05, 0) is 63.2 Å². The monoisotopic (exact) mass is 381 g/mol. The fourth-order valence-electron chi connectivity index (χ4n) is 3.70. The summed E-state index contributed by atoms with van der Waals surface area (Å²) in [5, 5.41) is 2.97. The van der Waals surface area contributed by atoms with E-state index in [0.717, 1.165) is 25.6 Å². The Morgan fingerprint density at radius 3 is 2.68 bits per heavy atom. The van der Waals surface area contributed by atoms with E-state index in [0.29, 0.717) is 24.7 Å². The number of pyridine rings is 1. The molecule has 0 atom stereocenters. The standard InChI is InChI=1S/C23H31N3O2/c1-2-28-22-10-6-9-21(25-22)23(27)24-15-18-26-16-13-20(14-17-26)12-11-19-7-4-3-5-8-19/h3-10,20H,2,11-18H2,1H3,(H,24,27). The minimum atomic E-state index is -0.140. The van der Waals surface area contributed by atoms with Crippen LogP contribution in [0.4, 0.5) is 0 Å². The third-order valence-electron chi connectivity index (χ3n) is 5.35. The first-order valence-electron chi connectivity index (χ1n) is 10.4. The van der Waals surface area contributed by atoms with Gasteiger partial charge in [0.05, 0.1) is 6.61 Å². The van der Waals surface area contributed by atoms with Gasteiger partial charge in [-0.25, -0.2) is 4.98 Å². The number of likely N-dealkylation sites (tertiary alicyclic amines) is 1. The number of aromatic nitrogens is 1. The number of hydrogen-bond acceptors (Lipinski definition) is 4. The van der Waals surface area contributed by atoms with Crippen LogP contribution in [0.1, 0.15) is 42.2 Å². The Morgan fingerprint density at radius 1 is 1.14 bits per heavy atom. The summed E-state index contributed by atoms with van der Waals surface area (Å²) < 4.78 is 5.36. The molecule has 1 amide bonds. The van der Waals surface area contributed by atoms with Gasteiger partial charge in [0, 0.05) is 19.2 Å². The van der Waals surface area contributed by atoms with Gasteiger partial charge in [-0.1, -0.05) is 36.4 Å². The molecule has 1 aliphatic heterocycles. The lowest BCUT2D eigenvalue weighted by molar-refractivity contribution is 0.0937. The molecule has 0 aliphatic carbocycles. The number of carbonyl (C=O) groups excluding carboxylic acids is 1. The number of benzene rings is 1. The van der Waals surface area contributed by atoms with Crippen molar-refractivity contribution in [2.24, 2.45) is 5.92 Å². The fourth-order valence-corrected chi connectivity index (χ4v) is 3.70. The van der Waals surface area contributed by atoms with Gasteiger partial charge in [-0.2, -0.15) is 0 Å². The molecule has 0 radical (unpaired) electrons. The average Bonchev–Trinajstić information content (AvgIpc) is 2.74. The minimum absolute atomic E-state index is 0.140. The Hall–Kier alpha value is -2.40. The summed E-state index contributed by atoms with van der Waals surface area (Å²) in [4.78, 5) is 19.0. The second-order valence-electron chi connectivity index (χ2n) is 7.36. The predicted molar refractivity (Wildman–Crippen MR) is 112 cm³/mol. The van der Waals surface area contributed by atoms with E-state index in [4.69, 9.17) is 4.74 Å². The molecule has 5 nitrogen and oxygen atoms in total. The molecule has 0 saturated carbocycles. The number of piperidine rings is 1. The van der Waals surface area contributed by atoms with Gasteiger partial charge in [-0.3, -0.25) is 4.79 Å². The van der Waals surface area contributed by atoms with Gasteiger partial charge in [0.15, 0.2) is 0 Å². The molecule has 0 bridgehead atoms. The second-order valence-corrected chi connectivity index (χ2v) is 7.36. The highest BCUT2D eigenvalue weighted by atomic mass is 16.5. The highest BCUT2D eigenvalue weighted by Gasteiger charge is 2.19. The number of amides is 1. The third-order valence-corrected chi connectivity index (χ3v) is 5.35. The van der Waals surface area contributed by atoms with Crippen molar-refractivity contribution in [2.45, 2.75) is 32.6 Å². The van der Waals surface area contributed by atoms with Crippen LogP contribution < -0.4 is 10.1 Å². The van der Waals surface area contributed by atoms with E-state index in [2.05, 4.69) is 45.5 Å². The first kappa shape index (κ1) is 20.3. The molecule has 0 unspecified atom stereocenters. The molecule has 1 N–H and O–H groups in total. The Labute approximate surface area is 168 Å². The van der Waals surface area contributed by atoms with Gasteiger partial charge in [0.25, 0.3) is 5.91 Å². The molecule has 28 heavy (non-hydrogen) atoms. The fraction of sp³-hybridized carbons (Fsp3) is 0.478. The maximum atomic E-state index is 12.3. The van der Waals surface area contributed by atoms with E-state index in [1.807, 2.05) is 6.92 Å². The summed E-state index contributed by atoms with van der Waals surface area (Å²) >= 11 is 0. The van der Waals surface area contributed by atoms with Crippen LogP contribution in [-0.2, 0) is 6.42 Å². The topological polar surface area (TPSA) is 54.5 Å². The van der Waals surface area contributed by atoms with Gasteiger partial charge in [-0.15, -0.1) is 0 Å². The summed E-state index contributed by atoms with van der Waals surface area (Å²) in [6.45, 7) is 6.22. The highest BCUT2D eigenvalue weighted by molar-refractivity contribution is 5.92. The highest BCUT2D eigenvalue weighted by Crippen LogP contribution is 2.22. The number of carbonyl (C=O) groups is 1. The van der Waals surface area contributed by atoms with Crippen molar-refractivity contribution in [1.29, 1.82) is 0 Å². The molecule has 150 valence electrons. The zero-order valence-electron chi connectivity index (χ0n) is 16.8. The van der Waals surface area contributed by atoms with Crippen LogP contribution in [0.15, 0.2) is 48.5 Å². The predicted octanol–water partition coefficient (Wildman–Crippen LogP) is 3.55. The van der Waals surface area contributed by atoms with E-state index < -0.39 is 0 Å². The molecule has 1 aromatic carbocycles. The number of aryl methyl sites for hydroxylation is 1. The summed E-state index contributed by atoms with van der Waals surface area (Å²) in [6.07, 6.45) is 4.95. The van der Waals surface area contributed by atoms with Gasteiger partial charge < -0.3 is 15.0 Å². The van der Waals surface area contributed by atoms with Crippen LogP contribution in [-0.4, -0.2) is 48.6 Å². The summed E-state index contributed by atoms with van der Waals surface area (Å²) in [7, 11) is 0. The Morgan fingerprint density at radius 2 is 1.93 bits per heavy atom. The molecule has 1 aromatic heterocycles. The zero-order valence-corrected chi connectivity index (χ0v) is 16.8. The smallest absolute Gasteiger partial charge is 0.270 e. The molecule has 3 rings (SSSR count). The molecule has 1 aliphatic rings. The van der Waals surface area contributed by atoms with E-state index in [9.17, 15) is 4.79 Å².